The Morgan fingerprint density at radius 3 is 2.70 bits per heavy atom. The average molecular weight is 434 g/mol. The lowest BCUT2D eigenvalue weighted by atomic mass is 9.92. The summed E-state index contributed by atoms with van der Waals surface area (Å²) in [5.74, 6) is -0.401. The molecule has 2 saturated carbocycles. The third kappa shape index (κ3) is 4.81. The van der Waals surface area contributed by atoms with E-state index < -0.39 is 15.7 Å². The second-order valence-corrected chi connectivity index (χ2v) is 10.1. The molecular weight excluding hydrogens is 405 g/mol. The molecule has 2 aromatic rings. The first kappa shape index (κ1) is 21.2. The van der Waals surface area contributed by atoms with E-state index in [1.807, 2.05) is 0 Å². The third-order valence-electron chi connectivity index (χ3n) is 5.84. The van der Waals surface area contributed by atoms with Gasteiger partial charge < -0.3 is 10.1 Å². The van der Waals surface area contributed by atoms with Crippen molar-refractivity contribution in [3.05, 3.63) is 47.8 Å². The van der Waals surface area contributed by atoms with E-state index in [9.17, 15) is 8.42 Å². The first-order valence-electron chi connectivity index (χ1n) is 10.7. The number of hydrogen-bond acceptors (Lipinski definition) is 6. The zero-order chi connectivity index (χ0) is 21.1. The number of nitrogens with one attached hydrogen (secondary N) is 1. The molecule has 0 saturated heterocycles. The minimum Gasteiger partial charge on any atom is -0.488 e. The number of ether oxygens (including phenoxy) is 1. The molecule has 2 atom stereocenters. The molecule has 162 valence electrons. The molecule has 8 heteroatoms. The summed E-state index contributed by atoms with van der Waals surface area (Å²) in [5.41, 5.74) is 1.15. The smallest absolute Gasteiger partial charge is 0.186 e. The molecule has 4 rings (SSSR count). The molecule has 0 amide bonds. The van der Waals surface area contributed by atoms with Crippen LogP contribution in [0.15, 0.2) is 35.6 Å². The van der Waals surface area contributed by atoms with Gasteiger partial charge >= 0.3 is 0 Å². The van der Waals surface area contributed by atoms with Crippen molar-refractivity contribution in [3.63, 3.8) is 0 Å². The molecular formula is C22H28FN3O3S. The lowest BCUT2D eigenvalue weighted by Gasteiger charge is -2.33. The summed E-state index contributed by atoms with van der Waals surface area (Å²) >= 11 is 0. The maximum Gasteiger partial charge on any atom is 0.186 e. The predicted molar refractivity (Wildman–Crippen MR) is 112 cm³/mol. The van der Waals surface area contributed by atoms with Crippen LogP contribution in [0.3, 0.4) is 0 Å². The Hall–Kier alpha value is -2.06. The Bertz CT molecular complexity index is 979. The molecule has 6 nitrogen and oxygen atoms in total. The largest absolute Gasteiger partial charge is 0.488 e. The molecule has 1 heterocycles. The van der Waals surface area contributed by atoms with Gasteiger partial charge in [-0.15, -0.1) is 0 Å². The van der Waals surface area contributed by atoms with E-state index in [0.29, 0.717) is 11.4 Å². The maximum atomic E-state index is 15.0. The van der Waals surface area contributed by atoms with Gasteiger partial charge in [0, 0.05) is 18.3 Å². The fourth-order valence-electron chi connectivity index (χ4n) is 4.18. The highest BCUT2D eigenvalue weighted by Gasteiger charge is 2.33. The first-order chi connectivity index (χ1) is 14.5. The molecule has 30 heavy (non-hydrogen) atoms. The second kappa shape index (κ2) is 8.98. The molecule has 2 fully saturated rings. The monoisotopic (exact) mass is 433 g/mol. The van der Waals surface area contributed by atoms with E-state index in [4.69, 9.17) is 4.74 Å². The van der Waals surface area contributed by atoms with E-state index in [1.165, 1.54) is 30.7 Å². The average Bonchev–Trinajstić information content (AvgIpc) is 3.55. The van der Waals surface area contributed by atoms with Crippen molar-refractivity contribution in [1.82, 2.24) is 15.3 Å². The van der Waals surface area contributed by atoms with Crippen molar-refractivity contribution >= 4 is 9.84 Å². The van der Waals surface area contributed by atoms with Crippen molar-refractivity contribution in [2.24, 2.45) is 0 Å². The Labute approximate surface area is 177 Å². The summed E-state index contributed by atoms with van der Waals surface area (Å²) in [4.78, 5) is 7.49. The molecule has 1 N–H and O–H groups in total. The Kier molecular flexibility index (Phi) is 6.34. The van der Waals surface area contributed by atoms with E-state index in [2.05, 4.69) is 22.2 Å². The van der Waals surface area contributed by atoms with Crippen LogP contribution in [0.5, 0.6) is 5.75 Å². The Morgan fingerprint density at radius 2 is 2.00 bits per heavy atom. The molecule has 0 spiro atoms. The summed E-state index contributed by atoms with van der Waals surface area (Å²) < 4.78 is 47.1. The topological polar surface area (TPSA) is 81.2 Å². The van der Waals surface area contributed by atoms with Gasteiger partial charge in [0.25, 0.3) is 0 Å². The minimum absolute atomic E-state index is 0.0286. The number of aromatic nitrogens is 2. The van der Waals surface area contributed by atoms with Gasteiger partial charge in [0.15, 0.2) is 9.84 Å². The fourth-order valence-corrected chi connectivity index (χ4v) is 5.56. The number of halogens is 1. The summed E-state index contributed by atoms with van der Waals surface area (Å²) in [6.45, 7) is 2.92. The highest BCUT2D eigenvalue weighted by molar-refractivity contribution is 7.90. The molecule has 2 aliphatic rings. The first-order valence-corrected chi connectivity index (χ1v) is 12.3. The molecule has 0 radical (unpaired) electrons. The lowest BCUT2D eigenvalue weighted by molar-refractivity contribution is 0.113. The van der Waals surface area contributed by atoms with Gasteiger partial charge in [0.05, 0.1) is 11.4 Å². The highest BCUT2D eigenvalue weighted by atomic mass is 32.2. The normalized spacial score (nSPS) is 22.1. The number of rotatable bonds is 8. The molecule has 2 aliphatic carbocycles. The SMILES string of the molecule is CCN[C@H]1CCCC[C@@H]1Oc1cc(F)c(S(=O)(=O)Cc2ccncn2)cc1C1CC1. The van der Waals surface area contributed by atoms with Gasteiger partial charge in [-0.2, -0.15) is 0 Å². The van der Waals surface area contributed by atoms with Gasteiger partial charge in [-0.25, -0.2) is 22.8 Å². The lowest BCUT2D eigenvalue weighted by Crippen LogP contribution is -2.45. The Morgan fingerprint density at radius 1 is 1.20 bits per heavy atom. The number of likely N-dealkylation sites (N-methyl/N-ethyl adjacent to an activating group) is 1. The third-order valence-corrected chi connectivity index (χ3v) is 7.50. The molecule has 0 aliphatic heterocycles. The zero-order valence-electron chi connectivity index (χ0n) is 17.2. The summed E-state index contributed by atoms with van der Waals surface area (Å²) in [6.07, 6.45) is 8.86. The van der Waals surface area contributed by atoms with E-state index in [1.54, 1.807) is 0 Å². The number of hydrogen-bond donors (Lipinski definition) is 1. The predicted octanol–water partition coefficient (Wildman–Crippen LogP) is 3.77. The van der Waals surface area contributed by atoms with Gasteiger partial charge in [0.1, 0.15) is 28.9 Å². The van der Waals surface area contributed by atoms with Crippen molar-refractivity contribution in [2.45, 2.75) is 74.2 Å². The number of benzene rings is 1. The van der Waals surface area contributed by atoms with Gasteiger partial charge in [-0.3, -0.25) is 0 Å². The van der Waals surface area contributed by atoms with Gasteiger partial charge in [-0.05, 0) is 62.3 Å². The highest BCUT2D eigenvalue weighted by Crippen LogP contribution is 2.46. The van der Waals surface area contributed by atoms with Crippen LogP contribution in [0.4, 0.5) is 4.39 Å². The molecule has 0 unspecified atom stereocenters. The van der Waals surface area contributed by atoms with E-state index in [-0.39, 0.29) is 28.7 Å². The van der Waals surface area contributed by atoms with Crippen LogP contribution in [0.2, 0.25) is 0 Å². The van der Waals surface area contributed by atoms with Crippen LogP contribution >= 0.6 is 0 Å². The van der Waals surface area contributed by atoms with Crippen LogP contribution in [0.25, 0.3) is 0 Å². The Balaban J connectivity index is 1.63. The maximum absolute atomic E-state index is 15.0. The van der Waals surface area contributed by atoms with E-state index in [0.717, 1.165) is 50.6 Å². The minimum atomic E-state index is -3.87. The summed E-state index contributed by atoms with van der Waals surface area (Å²) in [7, 11) is -3.87. The zero-order valence-corrected chi connectivity index (χ0v) is 18.0. The molecule has 1 aromatic heterocycles. The van der Waals surface area contributed by atoms with Crippen molar-refractivity contribution in [2.75, 3.05) is 6.54 Å². The molecule has 1 aromatic carbocycles. The number of sulfone groups is 1. The summed E-state index contributed by atoms with van der Waals surface area (Å²) in [6, 6.07) is 4.53. The van der Waals surface area contributed by atoms with Gasteiger partial charge in [0.2, 0.25) is 0 Å². The van der Waals surface area contributed by atoms with Crippen LogP contribution < -0.4 is 10.1 Å². The van der Waals surface area contributed by atoms with Crippen molar-refractivity contribution in [3.8, 4) is 5.75 Å². The quantitative estimate of drug-likeness (QED) is 0.683. The van der Waals surface area contributed by atoms with Crippen molar-refractivity contribution < 1.29 is 17.5 Å². The standard InChI is InChI=1S/C22H28FN3O3S/c1-2-25-19-5-3-4-6-20(19)29-21-12-18(23)22(11-17(21)15-7-8-15)30(27,28)13-16-9-10-24-14-26-16/h9-12,14-15,19-20,25H,2-8,13H2,1H3/t19-,20-/m0/s1. The number of nitrogens with zero attached hydrogens (tertiary/aromatic N) is 2. The molecule has 0 bridgehead atoms. The van der Waals surface area contributed by atoms with Crippen molar-refractivity contribution in [1.29, 1.82) is 0 Å². The van der Waals surface area contributed by atoms with Crippen LogP contribution in [-0.4, -0.2) is 37.1 Å². The van der Waals surface area contributed by atoms with E-state index >= 15 is 4.39 Å². The van der Waals surface area contributed by atoms with Crippen LogP contribution in [0.1, 0.15) is 62.6 Å². The van der Waals surface area contributed by atoms with Crippen LogP contribution in [0, 0.1) is 5.82 Å². The fraction of sp³-hybridized carbons (Fsp3) is 0.545. The van der Waals surface area contributed by atoms with Crippen LogP contribution in [-0.2, 0) is 15.6 Å². The summed E-state index contributed by atoms with van der Waals surface area (Å²) in [5, 5.41) is 3.47. The second-order valence-electron chi connectivity index (χ2n) is 8.16. The van der Waals surface area contributed by atoms with Gasteiger partial charge in [-0.1, -0.05) is 13.3 Å².